The molecule has 2 heteroatoms. The molecule has 1 saturated carbocycles. The van der Waals surface area contributed by atoms with Crippen molar-refractivity contribution < 1.29 is 9.84 Å². The van der Waals surface area contributed by atoms with Crippen LogP contribution in [0.4, 0.5) is 0 Å². The normalized spacial score (nSPS) is 53.8. The topological polar surface area (TPSA) is 29.5 Å². The van der Waals surface area contributed by atoms with Crippen molar-refractivity contribution in [3.63, 3.8) is 0 Å². The van der Waals surface area contributed by atoms with Crippen LogP contribution in [0.15, 0.2) is 0 Å². The molecule has 0 aromatic rings. The predicted molar refractivity (Wildman–Crippen MR) is 46.5 cm³/mol. The van der Waals surface area contributed by atoms with Crippen LogP contribution in [0.25, 0.3) is 0 Å². The number of aliphatic hydroxyl groups is 1. The molecule has 2 aliphatic rings. The van der Waals surface area contributed by atoms with E-state index in [1.165, 1.54) is 12.8 Å². The maximum absolute atomic E-state index is 9.65. The molecule has 1 N–H and O–H groups in total. The first-order chi connectivity index (χ1) is 5.70. The zero-order valence-electron chi connectivity index (χ0n) is 7.86. The highest BCUT2D eigenvalue weighted by Crippen LogP contribution is 2.45. The van der Waals surface area contributed by atoms with Crippen molar-refractivity contribution >= 4 is 0 Å². The van der Waals surface area contributed by atoms with E-state index >= 15 is 0 Å². The van der Waals surface area contributed by atoms with E-state index in [9.17, 15) is 5.11 Å². The zero-order valence-corrected chi connectivity index (χ0v) is 7.86. The Morgan fingerprint density at radius 3 is 2.58 bits per heavy atom. The number of aliphatic hydroxyl groups excluding tert-OH is 1. The van der Waals surface area contributed by atoms with Gasteiger partial charge in [0.15, 0.2) is 6.29 Å². The molecule has 5 atom stereocenters. The summed E-state index contributed by atoms with van der Waals surface area (Å²) in [4.78, 5) is 0. The molecule has 0 spiro atoms. The number of hydrogen-bond acceptors (Lipinski definition) is 2. The summed E-state index contributed by atoms with van der Waals surface area (Å²) < 4.78 is 5.33. The Kier molecular flexibility index (Phi) is 2.13. The standard InChI is InChI=1S/C10H18O2/c1-6-3-4-8-7(2)5-12-10(11)9(6)8/h6-11H,3-5H2,1-2H3/t6-,7-,8+,9+,10+/m0/s1. The van der Waals surface area contributed by atoms with Crippen LogP contribution in [-0.4, -0.2) is 18.0 Å². The van der Waals surface area contributed by atoms with Gasteiger partial charge < -0.3 is 9.84 Å². The predicted octanol–water partition coefficient (Wildman–Crippen LogP) is 1.63. The van der Waals surface area contributed by atoms with Gasteiger partial charge in [0.2, 0.25) is 0 Å². The van der Waals surface area contributed by atoms with Crippen LogP contribution in [-0.2, 0) is 4.74 Å². The summed E-state index contributed by atoms with van der Waals surface area (Å²) in [5.41, 5.74) is 0. The Balaban J connectivity index is 2.13. The zero-order chi connectivity index (χ0) is 8.72. The lowest BCUT2D eigenvalue weighted by atomic mass is 9.80. The third kappa shape index (κ3) is 1.17. The molecule has 2 rings (SSSR count). The Labute approximate surface area is 73.9 Å². The fourth-order valence-electron chi connectivity index (χ4n) is 2.90. The Hall–Kier alpha value is -0.0800. The third-order valence-electron chi connectivity index (χ3n) is 3.70. The van der Waals surface area contributed by atoms with Crippen molar-refractivity contribution in [3.8, 4) is 0 Å². The summed E-state index contributed by atoms with van der Waals surface area (Å²) in [6.07, 6.45) is 2.07. The van der Waals surface area contributed by atoms with Gasteiger partial charge in [0.1, 0.15) is 0 Å². The Bertz CT molecular complexity index is 169. The minimum absolute atomic E-state index is 0.411. The fraction of sp³-hybridized carbons (Fsp3) is 1.00. The van der Waals surface area contributed by atoms with E-state index < -0.39 is 6.29 Å². The van der Waals surface area contributed by atoms with Gasteiger partial charge in [-0.2, -0.15) is 0 Å². The highest BCUT2D eigenvalue weighted by atomic mass is 16.6. The maximum atomic E-state index is 9.65. The first kappa shape index (κ1) is 8.52. The summed E-state index contributed by atoms with van der Waals surface area (Å²) >= 11 is 0. The number of rotatable bonds is 0. The highest BCUT2D eigenvalue weighted by Gasteiger charge is 2.44. The van der Waals surface area contributed by atoms with Gasteiger partial charge in [-0.05, 0) is 30.6 Å². The van der Waals surface area contributed by atoms with Crippen LogP contribution in [0.2, 0.25) is 0 Å². The first-order valence-corrected chi connectivity index (χ1v) is 5.00. The van der Waals surface area contributed by atoms with Crippen molar-refractivity contribution in [2.45, 2.75) is 33.0 Å². The van der Waals surface area contributed by atoms with Crippen molar-refractivity contribution in [1.82, 2.24) is 0 Å². The molecule has 0 aromatic carbocycles. The van der Waals surface area contributed by atoms with E-state index in [0.717, 1.165) is 6.61 Å². The molecule has 0 amide bonds. The number of hydrogen-bond donors (Lipinski definition) is 1. The van der Waals surface area contributed by atoms with Crippen LogP contribution in [0, 0.1) is 23.7 Å². The van der Waals surface area contributed by atoms with Gasteiger partial charge in [0.05, 0.1) is 6.61 Å². The van der Waals surface area contributed by atoms with Crippen LogP contribution >= 0.6 is 0 Å². The van der Waals surface area contributed by atoms with E-state index in [-0.39, 0.29) is 0 Å². The van der Waals surface area contributed by atoms with Gasteiger partial charge in [-0.15, -0.1) is 0 Å². The summed E-state index contributed by atoms with van der Waals surface area (Å²) in [6.45, 7) is 5.21. The second kappa shape index (κ2) is 3.00. The molecule has 1 saturated heterocycles. The van der Waals surface area contributed by atoms with E-state index in [0.29, 0.717) is 23.7 Å². The van der Waals surface area contributed by atoms with Gasteiger partial charge in [-0.1, -0.05) is 13.8 Å². The molecule has 0 aromatic heterocycles. The molecule has 1 aliphatic heterocycles. The molecule has 0 radical (unpaired) electrons. The molecule has 70 valence electrons. The molecule has 0 bridgehead atoms. The quantitative estimate of drug-likeness (QED) is 0.598. The van der Waals surface area contributed by atoms with Gasteiger partial charge in [0, 0.05) is 5.92 Å². The van der Waals surface area contributed by atoms with E-state index in [1.807, 2.05) is 0 Å². The molecular weight excluding hydrogens is 152 g/mol. The first-order valence-electron chi connectivity index (χ1n) is 5.00. The minimum Gasteiger partial charge on any atom is -0.368 e. The number of ether oxygens (including phenoxy) is 1. The van der Waals surface area contributed by atoms with Crippen molar-refractivity contribution in [3.05, 3.63) is 0 Å². The largest absolute Gasteiger partial charge is 0.368 e. The molecular formula is C10H18O2. The second-order valence-electron chi connectivity index (χ2n) is 4.50. The number of fused-ring (bicyclic) bond motifs is 1. The molecule has 2 nitrogen and oxygen atoms in total. The molecule has 0 unspecified atom stereocenters. The lowest BCUT2D eigenvalue weighted by molar-refractivity contribution is -0.195. The van der Waals surface area contributed by atoms with Gasteiger partial charge in [-0.25, -0.2) is 0 Å². The fourth-order valence-corrected chi connectivity index (χ4v) is 2.90. The van der Waals surface area contributed by atoms with Gasteiger partial charge >= 0.3 is 0 Å². The minimum atomic E-state index is -0.483. The lowest BCUT2D eigenvalue weighted by Crippen LogP contribution is -2.40. The monoisotopic (exact) mass is 170 g/mol. The van der Waals surface area contributed by atoms with Gasteiger partial charge in [0.25, 0.3) is 0 Å². The summed E-state index contributed by atoms with van der Waals surface area (Å²) in [5, 5.41) is 9.65. The summed E-state index contributed by atoms with van der Waals surface area (Å²) in [5.74, 6) is 2.41. The average molecular weight is 170 g/mol. The highest BCUT2D eigenvalue weighted by molar-refractivity contribution is 4.89. The molecule has 2 fully saturated rings. The van der Waals surface area contributed by atoms with Crippen molar-refractivity contribution in [2.75, 3.05) is 6.61 Å². The Morgan fingerprint density at radius 1 is 1.17 bits per heavy atom. The molecule has 1 aliphatic carbocycles. The van der Waals surface area contributed by atoms with E-state index in [2.05, 4.69) is 13.8 Å². The van der Waals surface area contributed by atoms with Crippen LogP contribution < -0.4 is 0 Å². The second-order valence-corrected chi connectivity index (χ2v) is 4.50. The van der Waals surface area contributed by atoms with Gasteiger partial charge in [-0.3, -0.25) is 0 Å². The van der Waals surface area contributed by atoms with E-state index in [1.54, 1.807) is 0 Å². The van der Waals surface area contributed by atoms with Crippen LogP contribution in [0.3, 0.4) is 0 Å². The smallest absolute Gasteiger partial charge is 0.157 e. The Morgan fingerprint density at radius 2 is 1.92 bits per heavy atom. The van der Waals surface area contributed by atoms with Crippen molar-refractivity contribution in [2.24, 2.45) is 23.7 Å². The van der Waals surface area contributed by atoms with E-state index in [4.69, 9.17) is 4.74 Å². The SMILES string of the molecule is C[C@H]1CO[C@@H](O)[C@H]2[C@@H]1CC[C@@H]2C. The summed E-state index contributed by atoms with van der Waals surface area (Å²) in [7, 11) is 0. The summed E-state index contributed by atoms with van der Waals surface area (Å²) in [6, 6.07) is 0. The average Bonchev–Trinajstić information content (AvgIpc) is 2.42. The molecule has 12 heavy (non-hydrogen) atoms. The van der Waals surface area contributed by atoms with Crippen molar-refractivity contribution in [1.29, 1.82) is 0 Å². The lowest BCUT2D eigenvalue weighted by Gasteiger charge is -2.37. The third-order valence-corrected chi connectivity index (χ3v) is 3.70. The van der Waals surface area contributed by atoms with Crippen LogP contribution in [0.5, 0.6) is 0 Å². The molecule has 1 heterocycles. The maximum Gasteiger partial charge on any atom is 0.157 e. The van der Waals surface area contributed by atoms with Crippen LogP contribution in [0.1, 0.15) is 26.7 Å².